The molecule has 4 atom stereocenters. The topological polar surface area (TPSA) is 49.7 Å². The molecule has 0 aromatic rings. The van der Waals surface area contributed by atoms with E-state index in [4.69, 9.17) is 4.12 Å². The zero-order valence-electron chi connectivity index (χ0n) is 18.9. The minimum atomic E-state index is -2.31. The Morgan fingerprint density at radius 2 is 1.11 bits per heavy atom. The van der Waals surface area contributed by atoms with Crippen molar-refractivity contribution in [3.8, 4) is 0 Å². The first-order chi connectivity index (χ1) is 12.0. The average Bonchev–Trinajstić information content (AvgIpc) is 3.05. The first kappa shape index (κ1) is 23.1. The zero-order valence-corrected chi connectivity index (χ0v) is 20.9. The molecule has 0 fully saturated rings. The van der Waals surface area contributed by atoms with E-state index in [0.717, 1.165) is 37.8 Å². The van der Waals surface area contributed by atoms with Gasteiger partial charge in [-0.3, -0.25) is 0 Å². The Balaban J connectivity index is 2.38. The molecule has 27 heavy (non-hydrogen) atoms. The van der Waals surface area contributed by atoms with Crippen molar-refractivity contribution in [3.05, 3.63) is 24.3 Å². The summed E-state index contributed by atoms with van der Waals surface area (Å²) in [7, 11) is -4.63. The predicted octanol–water partition coefficient (Wildman–Crippen LogP) is 5.92. The normalized spacial score (nSPS) is 33.3. The molecule has 4 unspecified atom stereocenters. The van der Waals surface area contributed by atoms with Gasteiger partial charge in [0.05, 0.1) is 11.2 Å². The second-order valence-corrected chi connectivity index (χ2v) is 21.0. The molecule has 0 saturated carbocycles. The quantitative estimate of drug-likeness (QED) is 0.422. The molecule has 2 N–H and O–H groups in total. The van der Waals surface area contributed by atoms with Crippen molar-refractivity contribution in [2.75, 3.05) is 0 Å². The Morgan fingerprint density at radius 1 is 0.778 bits per heavy atom. The Kier molecular flexibility index (Phi) is 6.19. The first-order valence-corrected chi connectivity index (χ1v) is 15.8. The maximum atomic E-state index is 11.1. The van der Waals surface area contributed by atoms with Crippen LogP contribution in [0.4, 0.5) is 0 Å². The van der Waals surface area contributed by atoms with Crippen LogP contribution in [0.15, 0.2) is 24.3 Å². The highest BCUT2D eigenvalue weighted by molar-refractivity contribution is 6.89. The molecular weight excluding hydrogens is 368 g/mol. The van der Waals surface area contributed by atoms with E-state index in [1.165, 1.54) is 0 Å². The molecule has 0 saturated heterocycles. The van der Waals surface area contributed by atoms with Gasteiger partial charge in [-0.15, -0.1) is 0 Å². The highest BCUT2D eigenvalue weighted by Gasteiger charge is 2.56. The van der Waals surface area contributed by atoms with Gasteiger partial charge in [-0.25, -0.2) is 0 Å². The van der Waals surface area contributed by atoms with Crippen LogP contribution in [0.1, 0.15) is 67.2 Å². The summed E-state index contributed by atoms with van der Waals surface area (Å²) in [6, 6.07) is 1.46. The number of allylic oxidation sites excluding steroid dienone is 2. The minimum absolute atomic E-state index is 0.00675. The maximum Gasteiger partial charge on any atom is 0.185 e. The van der Waals surface area contributed by atoms with Crippen molar-refractivity contribution in [1.82, 2.24) is 0 Å². The highest BCUT2D eigenvalue weighted by atomic mass is 28.4. The van der Waals surface area contributed by atoms with Crippen molar-refractivity contribution in [1.29, 1.82) is 0 Å². The standard InChI is InChI=1S/C22H42O3Si2/c1-19(2,3)26(7,17-21(23)13-9-10-14-21)25-27(8,20(4,5)6)18-22(24)15-11-12-16-22/h9,11,13,15,23-24H,10,12,14,16-18H2,1-8H3. The molecule has 2 aliphatic rings. The fourth-order valence-electron chi connectivity index (χ4n) is 4.31. The molecule has 0 amide bonds. The average molecular weight is 411 g/mol. The largest absolute Gasteiger partial charge is 0.454 e. The summed E-state index contributed by atoms with van der Waals surface area (Å²) < 4.78 is 7.30. The van der Waals surface area contributed by atoms with Crippen LogP contribution in [-0.4, -0.2) is 38.0 Å². The number of rotatable bonds is 6. The Hall–Kier alpha value is -0.206. The fraction of sp³-hybridized carbons (Fsp3) is 0.818. The van der Waals surface area contributed by atoms with Crippen molar-refractivity contribution in [3.63, 3.8) is 0 Å². The summed E-state index contributed by atoms with van der Waals surface area (Å²) >= 11 is 0. The van der Waals surface area contributed by atoms with E-state index >= 15 is 0 Å². The molecule has 0 radical (unpaired) electrons. The minimum Gasteiger partial charge on any atom is -0.454 e. The molecule has 0 bridgehead atoms. The Labute approximate surface area is 169 Å². The van der Waals surface area contributed by atoms with Gasteiger partial charge in [0.15, 0.2) is 16.6 Å². The smallest absolute Gasteiger partial charge is 0.185 e. The highest BCUT2D eigenvalue weighted by Crippen LogP contribution is 2.52. The first-order valence-electron chi connectivity index (χ1n) is 10.5. The molecule has 0 aromatic carbocycles. The van der Waals surface area contributed by atoms with Crippen molar-refractivity contribution >= 4 is 16.6 Å². The molecular formula is C22H42O3Si2. The lowest BCUT2D eigenvalue weighted by atomic mass is 10.1. The lowest BCUT2D eigenvalue weighted by molar-refractivity contribution is 0.101. The summed E-state index contributed by atoms with van der Waals surface area (Å²) in [6.07, 6.45) is 11.7. The van der Waals surface area contributed by atoms with E-state index in [-0.39, 0.29) is 10.1 Å². The van der Waals surface area contributed by atoms with Crippen LogP contribution in [0.5, 0.6) is 0 Å². The monoisotopic (exact) mass is 410 g/mol. The molecule has 2 rings (SSSR count). The van der Waals surface area contributed by atoms with E-state index < -0.39 is 27.8 Å². The lowest BCUT2D eigenvalue weighted by Crippen LogP contribution is -2.61. The van der Waals surface area contributed by atoms with Crippen LogP contribution in [-0.2, 0) is 4.12 Å². The third kappa shape index (κ3) is 5.05. The van der Waals surface area contributed by atoms with E-state index in [1.807, 2.05) is 12.2 Å². The zero-order chi connectivity index (χ0) is 20.8. The van der Waals surface area contributed by atoms with Gasteiger partial charge in [0.25, 0.3) is 0 Å². The Morgan fingerprint density at radius 3 is 1.33 bits per heavy atom. The van der Waals surface area contributed by atoms with Crippen LogP contribution in [0, 0.1) is 0 Å². The summed E-state index contributed by atoms with van der Waals surface area (Å²) in [5, 5.41) is 22.3. The summed E-state index contributed by atoms with van der Waals surface area (Å²) in [4.78, 5) is 0. The van der Waals surface area contributed by atoms with E-state index in [1.54, 1.807) is 0 Å². The molecule has 3 nitrogen and oxygen atoms in total. The number of hydrogen-bond acceptors (Lipinski definition) is 3. The van der Waals surface area contributed by atoms with Gasteiger partial charge in [0.2, 0.25) is 0 Å². The Bertz CT molecular complexity index is 552. The van der Waals surface area contributed by atoms with Crippen LogP contribution < -0.4 is 0 Å². The second kappa shape index (κ2) is 7.24. The third-order valence-corrected chi connectivity index (χ3v) is 19.8. The summed E-state index contributed by atoms with van der Waals surface area (Å²) in [5.41, 5.74) is -1.46. The fourth-order valence-corrected chi connectivity index (χ4v) is 15.3. The van der Waals surface area contributed by atoms with Gasteiger partial charge in [-0.1, -0.05) is 65.8 Å². The van der Waals surface area contributed by atoms with Crippen molar-refractivity contribution < 1.29 is 14.3 Å². The van der Waals surface area contributed by atoms with E-state index in [9.17, 15) is 10.2 Å². The van der Waals surface area contributed by atoms with Crippen LogP contribution in [0.3, 0.4) is 0 Å². The summed E-state index contributed by atoms with van der Waals surface area (Å²) in [6.45, 7) is 18.2. The molecule has 0 spiro atoms. The number of hydrogen-bond donors (Lipinski definition) is 2. The van der Waals surface area contributed by atoms with Crippen LogP contribution in [0.25, 0.3) is 0 Å². The van der Waals surface area contributed by atoms with Crippen molar-refractivity contribution in [2.45, 2.75) is 114 Å². The molecule has 0 heterocycles. The SMILES string of the molecule is CC(C)(C)[Si](C)(CC1(O)C=CCC1)O[Si](C)(CC1(O)C=CCC1)C(C)(C)C. The molecule has 156 valence electrons. The van der Waals surface area contributed by atoms with Crippen molar-refractivity contribution in [2.24, 2.45) is 0 Å². The van der Waals surface area contributed by atoms with Gasteiger partial charge < -0.3 is 14.3 Å². The maximum absolute atomic E-state index is 11.1. The molecule has 2 aliphatic carbocycles. The van der Waals surface area contributed by atoms with Gasteiger partial charge in [-0.05, 0) is 60.9 Å². The molecule has 0 aliphatic heterocycles. The van der Waals surface area contributed by atoms with Crippen LogP contribution in [0.2, 0.25) is 35.3 Å². The number of aliphatic hydroxyl groups is 2. The van der Waals surface area contributed by atoms with E-state index in [2.05, 4.69) is 66.8 Å². The van der Waals surface area contributed by atoms with Gasteiger partial charge in [0, 0.05) is 0 Å². The lowest BCUT2D eigenvalue weighted by Gasteiger charge is -2.53. The third-order valence-electron chi connectivity index (χ3n) is 7.25. The predicted molar refractivity (Wildman–Crippen MR) is 120 cm³/mol. The molecule has 0 aromatic heterocycles. The van der Waals surface area contributed by atoms with Crippen LogP contribution >= 0.6 is 0 Å². The van der Waals surface area contributed by atoms with E-state index in [0.29, 0.717) is 0 Å². The van der Waals surface area contributed by atoms with Gasteiger partial charge in [-0.2, -0.15) is 0 Å². The second-order valence-electron chi connectivity index (χ2n) is 11.5. The summed E-state index contributed by atoms with van der Waals surface area (Å²) in [5.74, 6) is 0. The van der Waals surface area contributed by atoms with Gasteiger partial charge in [0.1, 0.15) is 0 Å². The molecule has 5 heteroatoms. The van der Waals surface area contributed by atoms with Gasteiger partial charge >= 0.3 is 0 Å².